The highest BCUT2D eigenvalue weighted by Crippen LogP contribution is 2.38. The van der Waals surface area contributed by atoms with Gasteiger partial charge in [-0.1, -0.05) is 0 Å². The highest BCUT2D eigenvalue weighted by molar-refractivity contribution is 5.83. The van der Waals surface area contributed by atoms with Crippen molar-refractivity contribution in [2.75, 3.05) is 12.4 Å². The van der Waals surface area contributed by atoms with Gasteiger partial charge in [0.05, 0.1) is 34.9 Å². The van der Waals surface area contributed by atoms with Crippen LogP contribution in [0, 0.1) is 40.0 Å². The number of benzene rings is 2. The van der Waals surface area contributed by atoms with E-state index in [1.807, 2.05) is 0 Å². The number of nitriles is 1. The lowest BCUT2D eigenvalue weighted by molar-refractivity contribution is -0.384. The number of rotatable bonds is 5. The van der Waals surface area contributed by atoms with Gasteiger partial charge in [-0.25, -0.2) is 8.78 Å². The van der Waals surface area contributed by atoms with E-state index in [1.165, 1.54) is 42.1 Å². The Morgan fingerprint density at radius 1 is 1.28 bits per heavy atom. The fourth-order valence-electron chi connectivity index (χ4n) is 2.98. The van der Waals surface area contributed by atoms with Gasteiger partial charge in [-0.05, 0) is 31.2 Å². The molecule has 0 aliphatic rings. The van der Waals surface area contributed by atoms with Crippen LogP contribution in [0.3, 0.4) is 0 Å². The Hall–Kier alpha value is -4.00. The molecule has 148 valence electrons. The Labute approximate surface area is 164 Å². The third-order valence-corrected chi connectivity index (χ3v) is 4.35. The lowest BCUT2D eigenvalue weighted by Crippen LogP contribution is -2.04. The van der Waals surface area contributed by atoms with Crippen LogP contribution < -0.4 is 10.1 Å². The van der Waals surface area contributed by atoms with E-state index in [-0.39, 0.29) is 28.3 Å². The fraction of sp³-hybridized carbons (Fsp3) is 0.158. The molecule has 0 radical (unpaired) electrons. The summed E-state index contributed by atoms with van der Waals surface area (Å²) in [7, 11) is 2.95. The van der Waals surface area contributed by atoms with Crippen LogP contribution >= 0.6 is 0 Å². The topological polar surface area (TPSA) is 106 Å². The molecule has 0 saturated carbocycles. The minimum absolute atomic E-state index is 0.120. The third-order valence-electron chi connectivity index (χ3n) is 4.35. The number of nitrogens with zero attached hydrogens (tertiary/aromatic N) is 4. The second kappa shape index (κ2) is 7.55. The molecule has 1 heterocycles. The van der Waals surface area contributed by atoms with Gasteiger partial charge in [0, 0.05) is 12.6 Å². The molecular formula is C19H15F2N5O3. The van der Waals surface area contributed by atoms with E-state index in [0.29, 0.717) is 11.4 Å². The number of hydrogen-bond acceptors (Lipinski definition) is 6. The number of halogens is 2. The first-order valence-electron chi connectivity index (χ1n) is 8.30. The monoisotopic (exact) mass is 399 g/mol. The van der Waals surface area contributed by atoms with Gasteiger partial charge in [0.2, 0.25) is 0 Å². The second-order valence-electron chi connectivity index (χ2n) is 6.10. The summed E-state index contributed by atoms with van der Waals surface area (Å²) in [5.74, 6) is -1.95. The van der Waals surface area contributed by atoms with E-state index in [0.717, 1.165) is 0 Å². The van der Waals surface area contributed by atoms with Crippen LogP contribution in [0.5, 0.6) is 5.75 Å². The minimum atomic E-state index is -1.27. The first kappa shape index (κ1) is 19.8. The molecular weight excluding hydrogens is 384 g/mol. The Bertz CT molecular complexity index is 1170. The number of nitro groups is 1. The van der Waals surface area contributed by atoms with Crippen LogP contribution in [-0.4, -0.2) is 21.8 Å². The van der Waals surface area contributed by atoms with Crippen molar-refractivity contribution < 1.29 is 18.4 Å². The molecule has 2 aromatic carbocycles. The summed E-state index contributed by atoms with van der Waals surface area (Å²) in [5, 5.41) is 27.4. The Morgan fingerprint density at radius 2 is 2.00 bits per heavy atom. The van der Waals surface area contributed by atoms with Gasteiger partial charge in [0.25, 0.3) is 5.69 Å². The van der Waals surface area contributed by atoms with Crippen molar-refractivity contribution >= 4 is 17.2 Å². The summed E-state index contributed by atoms with van der Waals surface area (Å²) in [5.41, 5.74) is -0.0956. The molecule has 3 rings (SSSR count). The third kappa shape index (κ3) is 3.45. The van der Waals surface area contributed by atoms with Crippen molar-refractivity contribution in [1.29, 1.82) is 5.26 Å². The van der Waals surface area contributed by atoms with Gasteiger partial charge < -0.3 is 10.1 Å². The van der Waals surface area contributed by atoms with Gasteiger partial charge in [-0.15, -0.1) is 0 Å². The maximum atomic E-state index is 14.6. The van der Waals surface area contributed by atoms with Crippen LogP contribution in [-0.2, 0) is 7.05 Å². The van der Waals surface area contributed by atoms with E-state index < -0.39 is 22.1 Å². The summed E-state index contributed by atoms with van der Waals surface area (Å²) >= 11 is 0. The van der Waals surface area contributed by atoms with Crippen molar-refractivity contribution in [2.24, 2.45) is 7.05 Å². The molecule has 0 amide bonds. The number of methoxy groups -OCH3 is 1. The first-order chi connectivity index (χ1) is 13.8. The van der Waals surface area contributed by atoms with Crippen LogP contribution in [0.1, 0.15) is 11.3 Å². The molecule has 3 aromatic rings. The van der Waals surface area contributed by atoms with Gasteiger partial charge in [-0.3, -0.25) is 14.8 Å². The average Bonchev–Trinajstić information content (AvgIpc) is 2.97. The first-order valence-corrected chi connectivity index (χ1v) is 8.30. The lowest BCUT2D eigenvalue weighted by atomic mass is 10.0. The smallest absolute Gasteiger partial charge is 0.296 e. The number of aryl methyl sites for hydroxylation is 2. The van der Waals surface area contributed by atoms with Crippen LogP contribution in [0.4, 0.5) is 26.0 Å². The largest absolute Gasteiger partial charge is 0.496 e. The molecule has 0 unspecified atom stereocenters. The van der Waals surface area contributed by atoms with Crippen LogP contribution in [0.2, 0.25) is 0 Å². The van der Waals surface area contributed by atoms with Gasteiger partial charge in [0.1, 0.15) is 23.3 Å². The molecule has 0 aliphatic heterocycles. The van der Waals surface area contributed by atoms with Crippen molar-refractivity contribution in [1.82, 2.24) is 9.78 Å². The predicted molar refractivity (Wildman–Crippen MR) is 101 cm³/mol. The molecule has 0 bridgehead atoms. The van der Waals surface area contributed by atoms with E-state index in [2.05, 4.69) is 10.4 Å². The second-order valence-corrected chi connectivity index (χ2v) is 6.10. The molecule has 0 spiro atoms. The number of nitrogens with one attached hydrogen (secondary N) is 1. The molecule has 0 atom stereocenters. The number of ether oxygens (including phenoxy) is 1. The molecule has 0 fully saturated rings. The molecule has 1 N–H and O–H groups in total. The van der Waals surface area contributed by atoms with E-state index in [9.17, 15) is 18.9 Å². The molecule has 10 heteroatoms. The van der Waals surface area contributed by atoms with Gasteiger partial charge in [-0.2, -0.15) is 10.4 Å². The fourth-order valence-corrected chi connectivity index (χ4v) is 2.98. The van der Waals surface area contributed by atoms with Gasteiger partial charge >= 0.3 is 0 Å². The number of aromatic nitrogens is 2. The Balaban J connectivity index is 2.17. The normalized spacial score (nSPS) is 10.5. The van der Waals surface area contributed by atoms with Crippen molar-refractivity contribution in [3.05, 3.63) is 63.3 Å². The molecule has 1 aromatic heterocycles. The van der Waals surface area contributed by atoms with Crippen LogP contribution in [0.15, 0.2) is 30.3 Å². The lowest BCUT2D eigenvalue weighted by Gasteiger charge is -2.12. The van der Waals surface area contributed by atoms with E-state index >= 15 is 0 Å². The minimum Gasteiger partial charge on any atom is -0.496 e. The number of nitro benzene ring substituents is 1. The zero-order chi connectivity index (χ0) is 21.3. The van der Waals surface area contributed by atoms with Crippen LogP contribution in [0.25, 0.3) is 11.1 Å². The zero-order valence-corrected chi connectivity index (χ0v) is 15.7. The molecule has 29 heavy (non-hydrogen) atoms. The maximum Gasteiger partial charge on any atom is 0.296 e. The zero-order valence-electron chi connectivity index (χ0n) is 15.7. The van der Waals surface area contributed by atoms with Gasteiger partial charge in [0.15, 0.2) is 11.6 Å². The molecule has 0 aliphatic carbocycles. The summed E-state index contributed by atoms with van der Waals surface area (Å²) in [4.78, 5) is 10.9. The number of anilines is 2. The van der Waals surface area contributed by atoms with E-state index in [1.54, 1.807) is 20.0 Å². The number of hydrogen-bond donors (Lipinski definition) is 1. The average molecular weight is 399 g/mol. The summed E-state index contributed by atoms with van der Waals surface area (Å²) in [6.45, 7) is 1.60. The highest BCUT2D eigenvalue weighted by atomic mass is 19.2. The summed E-state index contributed by atoms with van der Waals surface area (Å²) in [6.07, 6.45) is 0. The Kier molecular flexibility index (Phi) is 5.14. The van der Waals surface area contributed by atoms with Crippen molar-refractivity contribution in [2.45, 2.75) is 6.92 Å². The quantitative estimate of drug-likeness (QED) is 0.509. The molecule has 8 nitrogen and oxygen atoms in total. The molecule has 0 saturated heterocycles. The predicted octanol–water partition coefficient (Wildman–Crippen LogP) is 4.21. The van der Waals surface area contributed by atoms with Crippen molar-refractivity contribution in [3.63, 3.8) is 0 Å². The standard InChI is InChI=1S/C19H15F2N5O3/c1-10-16(13-6-4-11(9-22)17(20)18(13)21)19(25(2)24-10)23-14-7-5-12(29-3)8-15(14)26(27)28/h4-8,23H,1-3H3. The Morgan fingerprint density at radius 3 is 2.62 bits per heavy atom. The van der Waals surface area contributed by atoms with Crippen molar-refractivity contribution in [3.8, 4) is 22.9 Å². The maximum absolute atomic E-state index is 14.6. The summed E-state index contributed by atoms with van der Waals surface area (Å²) < 4.78 is 35.2. The SMILES string of the molecule is COc1ccc(Nc2c(-c3ccc(C#N)c(F)c3F)c(C)nn2C)c([N+](=O)[O-])c1. The highest BCUT2D eigenvalue weighted by Gasteiger charge is 2.24. The summed E-state index contributed by atoms with van der Waals surface area (Å²) in [6, 6.07) is 8.23. The van der Waals surface area contributed by atoms with E-state index in [4.69, 9.17) is 10.00 Å².